The molecule has 4 heteroatoms. The van der Waals surface area contributed by atoms with Gasteiger partial charge in [0, 0.05) is 11.4 Å². The second-order valence-electron chi connectivity index (χ2n) is 3.25. The Morgan fingerprint density at radius 2 is 1.75 bits per heavy atom. The quantitative estimate of drug-likeness (QED) is 0.742. The Bertz CT molecular complexity index is 410. The first-order valence-corrected chi connectivity index (χ1v) is 4.93. The summed E-state index contributed by atoms with van der Waals surface area (Å²) in [4.78, 5) is 22.8. The molecule has 0 aromatic heterocycles. The van der Waals surface area contributed by atoms with Gasteiger partial charge in [0.1, 0.15) is 0 Å². The molecule has 4 nitrogen and oxygen atoms in total. The van der Waals surface area contributed by atoms with Crippen molar-refractivity contribution in [3.63, 3.8) is 0 Å². The molecule has 0 aliphatic heterocycles. The van der Waals surface area contributed by atoms with Crippen LogP contribution in [0.25, 0.3) is 0 Å². The van der Waals surface area contributed by atoms with Crippen LogP contribution in [0.1, 0.15) is 13.8 Å². The SMILES string of the molecule is C/C=C(\C)NC(=O)C(=O)Nc1ccccc1. The zero-order valence-electron chi connectivity index (χ0n) is 9.28. The van der Waals surface area contributed by atoms with Crippen molar-refractivity contribution >= 4 is 17.5 Å². The largest absolute Gasteiger partial charge is 0.322 e. The predicted octanol–water partition coefficient (Wildman–Crippen LogP) is 1.67. The van der Waals surface area contributed by atoms with Gasteiger partial charge in [-0.2, -0.15) is 0 Å². The van der Waals surface area contributed by atoms with Gasteiger partial charge in [0.2, 0.25) is 0 Å². The van der Waals surface area contributed by atoms with E-state index in [1.807, 2.05) is 6.07 Å². The van der Waals surface area contributed by atoms with Crippen molar-refractivity contribution in [2.24, 2.45) is 0 Å². The zero-order valence-corrected chi connectivity index (χ0v) is 9.28. The predicted molar refractivity (Wildman–Crippen MR) is 62.6 cm³/mol. The van der Waals surface area contributed by atoms with E-state index >= 15 is 0 Å². The van der Waals surface area contributed by atoms with E-state index in [4.69, 9.17) is 0 Å². The molecule has 0 unspecified atom stereocenters. The Kier molecular flexibility index (Phi) is 4.27. The van der Waals surface area contributed by atoms with E-state index in [2.05, 4.69) is 10.6 Å². The lowest BCUT2D eigenvalue weighted by molar-refractivity contribution is -0.135. The second kappa shape index (κ2) is 5.70. The monoisotopic (exact) mass is 218 g/mol. The summed E-state index contributed by atoms with van der Waals surface area (Å²) >= 11 is 0. The molecule has 0 atom stereocenters. The molecule has 84 valence electrons. The molecular weight excluding hydrogens is 204 g/mol. The van der Waals surface area contributed by atoms with Crippen LogP contribution in [0.4, 0.5) is 5.69 Å². The first-order valence-electron chi connectivity index (χ1n) is 4.93. The number of anilines is 1. The van der Waals surface area contributed by atoms with Crippen molar-refractivity contribution in [1.82, 2.24) is 5.32 Å². The van der Waals surface area contributed by atoms with Gasteiger partial charge in [-0.05, 0) is 26.0 Å². The van der Waals surface area contributed by atoms with E-state index in [1.54, 1.807) is 44.2 Å². The molecule has 0 saturated heterocycles. The summed E-state index contributed by atoms with van der Waals surface area (Å²) in [6, 6.07) is 8.83. The van der Waals surface area contributed by atoms with E-state index in [0.29, 0.717) is 11.4 Å². The van der Waals surface area contributed by atoms with Crippen molar-refractivity contribution in [3.05, 3.63) is 42.1 Å². The molecule has 2 amide bonds. The molecular formula is C12H14N2O2. The minimum Gasteiger partial charge on any atom is -0.322 e. The molecule has 0 aliphatic carbocycles. The number of amides is 2. The summed E-state index contributed by atoms with van der Waals surface area (Å²) < 4.78 is 0. The molecule has 0 spiro atoms. The third kappa shape index (κ3) is 3.57. The van der Waals surface area contributed by atoms with Crippen molar-refractivity contribution < 1.29 is 9.59 Å². The molecule has 2 N–H and O–H groups in total. The van der Waals surface area contributed by atoms with Gasteiger partial charge in [0.05, 0.1) is 0 Å². The fourth-order valence-corrected chi connectivity index (χ4v) is 1.02. The maximum Gasteiger partial charge on any atom is 0.314 e. The molecule has 1 aromatic carbocycles. The second-order valence-corrected chi connectivity index (χ2v) is 3.25. The molecule has 0 fully saturated rings. The summed E-state index contributed by atoms with van der Waals surface area (Å²) in [5.74, 6) is -1.34. The normalized spacial score (nSPS) is 10.8. The standard InChI is InChI=1S/C12H14N2O2/c1-3-9(2)13-11(15)12(16)14-10-7-5-4-6-8-10/h3-8H,1-2H3,(H,13,15)(H,14,16)/b9-3+. The highest BCUT2D eigenvalue weighted by Crippen LogP contribution is 2.04. The van der Waals surface area contributed by atoms with E-state index < -0.39 is 11.8 Å². The van der Waals surface area contributed by atoms with Crippen LogP contribution in [0.3, 0.4) is 0 Å². The van der Waals surface area contributed by atoms with E-state index in [1.165, 1.54) is 0 Å². The highest BCUT2D eigenvalue weighted by atomic mass is 16.2. The molecule has 16 heavy (non-hydrogen) atoms. The highest BCUT2D eigenvalue weighted by molar-refractivity contribution is 6.40. The number of rotatable bonds is 2. The third-order valence-corrected chi connectivity index (χ3v) is 1.98. The number of carbonyl (C=O) groups excluding carboxylic acids is 2. The van der Waals surface area contributed by atoms with Crippen LogP contribution in [-0.4, -0.2) is 11.8 Å². The zero-order chi connectivity index (χ0) is 12.0. The van der Waals surface area contributed by atoms with Crippen LogP contribution in [0.5, 0.6) is 0 Å². The van der Waals surface area contributed by atoms with Gasteiger partial charge >= 0.3 is 11.8 Å². The van der Waals surface area contributed by atoms with Gasteiger partial charge in [-0.15, -0.1) is 0 Å². The average Bonchev–Trinajstić information content (AvgIpc) is 2.30. The summed E-state index contributed by atoms with van der Waals surface area (Å²) in [6.45, 7) is 3.50. The number of para-hydroxylation sites is 1. The fraction of sp³-hybridized carbons (Fsp3) is 0.167. The van der Waals surface area contributed by atoms with E-state index in [0.717, 1.165) is 0 Å². The average molecular weight is 218 g/mol. The molecule has 0 bridgehead atoms. The molecule has 0 radical (unpaired) electrons. The van der Waals surface area contributed by atoms with Gasteiger partial charge < -0.3 is 10.6 Å². The van der Waals surface area contributed by atoms with Gasteiger partial charge in [0.15, 0.2) is 0 Å². The number of hydrogen-bond donors (Lipinski definition) is 2. The summed E-state index contributed by atoms with van der Waals surface area (Å²) in [6.07, 6.45) is 1.72. The Morgan fingerprint density at radius 1 is 1.12 bits per heavy atom. The summed E-state index contributed by atoms with van der Waals surface area (Å²) in [5.41, 5.74) is 1.24. The first kappa shape index (κ1) is 12.0. The van der Waals surface area contributed by atoms with Crippen molar-refractivity contribution in [2.75, 3.05) is 5.32 Å². The molecule has 0 aliphatic rings. The Hall–Kier alpha value is -2.10. The number of benzene rings is 1. The lowest BCUT2D eigenvalue weighted by atomic mass is 10.3. The lowest BCUT2D eigenvalue weighted by Crippen LogP contribution is -2.34. The van der Waals surface area contributed by atoms with Crippen LogP contribution >= 0.6 is 0 Å². The number of allylic oxidation sites excluding steroid dienone is 2. The van der Waals surface area contributed by atoms with Crippen LogP contribution in [-0.2, 0) is 9.59 Å². The van der Waals surface area contributed by atoms with Crippen molar-refractivity contribution in [2.45, 2.75) is 13.8 Å². The molecule has 0 saturated carbocycles. The number of nitrogens with one attached hydrogen (secondary N) is 2. The Balaban J connectivity index is 2.56. The minimum atomic E-state index is -0.674. The molecule has 0 heterocycles. The van der Waals surface area contributed by atoms with Crippen molar-refractivity contribution in [3.8, 4) is 0 Å². The fourth-order valence-electron chi connectivity index (χ4n) is 1.02. The summed E-state index contributed by atoms with van der Waals surface area (Å²) in [5, 5.41) is 4.95. The molecule has 1 rings (SSSR count). The van der Waals surface area contributed by atoms with Gasteiger partial charge in [-0.1, -0.05) is 24.3 Å². The van der Waals surface area contributed by atoms with Crippen LogP contribution in [0, 0.1) is 0 Å². The summed E-state index contributed by atoms with van der Waals surface area (Å²) in [7, 11) is 0. The van der Waals surface area contributed by atoms with Crippen LogP contribution in [0.2, 0.25) is 0 Å². The highest BCUT2D eigenvalue weighted by Gasteiger charge is 2.12. The minimum absolute atomic E-state index is 0.598. The first-order chi connectivity index (χ1) is 7.63. The molecule has 1 aromatic rings. The van der Waals surface area contributed by atoms with E-state index in [-0.39, 0.29) is 0 Å². The van der Waals surface area contributed by atoms with Gasteiger partial charge in [-0.25, -0.2) is 0 Å². The number of carbonyl (C=O) groups is 2. The smallest absolute Gasteiger partial charge is 0.314 e. The van der Waals surface area contributed by atoms with E-state index in [9.17, 15) is 9.59 Å². The van der Waals surface area contributed by atoms with Gasteiger partial charge in [-0.3, -0.25) is 9.59 Å². The van der Waals surface area contributed by atoms with Crippen molar-refractivity contribution in [1.29, 1.82) is 0 Å². The third-order valence-electron chi connectivity index (χ3n) is 1.98. The Morgan fingerprint density at radius 3 is 2.31 bits per heavy atom. The maximum atomic E-state index is 11.4. The van der Waals surface area contributed by atoms with Crippen LogP contribution in [0.15, 0.2) is 42.1 Å². The lowest BCUT2D eigenvalue weighted by Gasteiger charge is -2.05. The van der Waals surface area contributed by atoms with Gasteiger partial charge in [0.25, 0.3) is 0 Å². The number of hydrogen-bond acceptors (Lipinski definition) is 2. The Labute approximate surface area is 94.4 Å². The topological polar surface area (TPSA) is 58.2 Å². The maximum absolute atomic E-state index is 11.4. The van der Waals surface area contributed by atoms with Crippen LogP contribution < -0.4 is 10.6 Å².